The van der Waals surface area contributed by atoms with E-state index in [0.717, 1.165) is 37.6 Å². The second-order valence-electron chi connectivity index (χ2n) is 6.71. The smallest absolute Gasteiger partial charge is 0.191 e. The van der Waals surface area contributed by atoms with E-state index in [0.29, 0.717) is 24.2 Å². The highest BCUT2D eigenvalue weighted by molar-refractivity contribution is 14.0. The lowest BCUT2D eigenvalue weighted by molar-refractivity contribution is 0.173. The lowest BCUT2D eigenvalue weighted by Crippen LogP contribution is -2.41. The molecule has 0 saturated carbocycles. The van der Waals surface area contributed by atoms with Crippen molar-refractivity contribution >= 4 is 29.9 Å². The fraction of sp³-hybridized carbons (Fsp3) is 0.600. The number of hydrogen-bond donors (Lipinski definition) is 2. The molecule has 146 valence electrons. The Balaban J connectivity index is 0.00000625. The summed E-state index contributed by atoms with van der Waals surface area (Å²) in [5.41, 5.74) is 1.72. The number of rotatable bonds is 9. The number of benzene rings is 1. The van der Waals surface area contributed by atoms with Gasteiger partial charge in [-0.2, -0.15) is 5.26 Å². The molecule has 5 nitrogen and oxygen atoms in total. The standard InChI is InChI=1S/C20H33N5.HI/c1-6-22-20(23-11-8-12-25(16(2)3)17(4)5)24-15-19-10-7-9-18(13-19)14-21;/h7,9-10,13,16-17H,6,8,11-12,15H2,1-5H3,(H2,22,23,24);1H. The molecule has 0 spiro atoms. The monoisotopic (exact) mass is 471 g/mol. The highest BCUT2D eigenvalue weighted by Gasteiger charge is 2.12. The Morgan fingerprint density at radius 3 is 2.46 bits per heavy atom. The van der Waals surface area contributed by atoms with Crippen molar-refractivity contribution < 1.29 is 0 Å². The molecule has 0 aromatic heterocycles. The maximum Gasteiger partial charge on any atom is 0.191 e. The number of halogens is 1. The van der Waals surface area contributed by atoms with Crippen molar-refractivity contribution in [3.8, 4) is 6.07 Å². The summed E-state index contributed by atoms with van der Waals surface area (Å²) in [6.45, 7) is 14.4. The largest absolute Gasteiger partial charge is 0.357 e. The van der Waals surface area contributed by atoms with Gasteiger partial charge >= 0.3 is 0 Å². The molecule has 0 unspecified atom stereocenters. The van der Waals surface area contributed by atoms with Gasteiger partial charge in [0.05, 0.1) is 18.2 Å². The molecule has 0 bridgehead atoms. The molecule has 0 aliphatic rings. The molecule has 0 fully saturated rings. The third kappa shape index (κ3) is 9.39. The molecule has 26 heavy (non-hydrogen) atoms. The van der Waals surface area contributed by atoms with E-state index >= 15 is 0 Å². The number of nitriles is 1. The van der Waals surface area contributed by atoms with Gasteiger partial charge in [0.15, 0.2) is 5.96 Å². The van der Waals surface area contributed by atoms with Gasteiger partial charge in [-0.15, -0.1) is 24.0 Å². The second-order valence-corrected chi connectivity index (χ2v) is 6.71. The van der Waals surface area contributed by atoms with Gasteiger partial charge in [0, 0.05) is 31.7 Å². The summed E-state index contributed by atoms with van der Waals surface area (Å²) in [4.78, 5) is 7.12. The van der Waals surface area contributed by atoms with Gasteiger partial charge in [-0.05, 0) is 58.7 Å². The van der Waals surface area contributed by atoms with Crippen molar-refractivity contribution in [2.45, 2.75) is 59.7 Å². The topological polar surface area (TPSA) is 63.5 Å². The van der Waals surface area contributed by atoms with Crippen LogP contribution in [-0.4, -0.2) is 42.6 Å². The van der Waals surface area contributed by atoms with Gasteiger partial charge in [0.2, 0.25) is 0 Å². The van der Waals surface area contributed by atoms with Crippen molar-refractivity contribution in [2.24, 2.45) is 4.99 Å². The lowest BCUT2D eigenvalue weighted by Gasteiger charge is -2.30. The van der Waals surface area contributed by atoms with Crippen LogP contribution in [-0.2, 0) is 6.54 Å². The molecule has 0 radical (unpaired) electrons. The van der Waals surface area contributed by atoms with Crippen LogP contribution < -0.4 is 10.6 Å². The molecule has 1 rings (SSSR count). The van der Waals surface area contributed by atoms with E-state index in [1.165, 1.54) is 0 Å². The molecule has 2 N–H and O–H groups in total. The van der Waals surface area contributed by atoms with E-state index in [1.807, 2.05) is 24.3 Å². The Hall–Kier alpha value is -1.33. The average molecular weight is 471 g/mol. The fourth-order valence-corrected chi connectivity index (χ4v) is 2.83. The van der Waals surface area contributed by atoms with Gasteiger partial charge in [-0.1, -0.05) is 12.1 Å². The summed E-state index contributed by atoms with van der Waals surface area (Å²) in [5, 5.41) is 15.7. The summed E-state index contributed by atoms with van der Waals surface area (Å²) >= 11 is 0. The van der Waals surface area contributed by atoms with E-state index in [4.69, 9.17) is 5.26 Å². The third-order valence-corrected chi connectivity index (χ3v) is 4.03. The number of nitrogens with zero attached hydrogens (tertiary/aromatic N) is 3. The second kappa shape index (κ2) is 13.8. The van der Waals surface area contributed by atoms with Crippen LogP contribution in [0.25, 0.3) is 0 Å². The quantitative estimate of drug-likeness (QED) is 0.249. The molecule has 0 saturated heterocycles. The minimum Gasteiger partial charge on any atom is -0.357 e. The zero-order valence-electron chi connectivity index (χ0n) is 16.7. The SMILES string of the molecule is CCNC(=NCc1cccc(C#N)c1)NCCCN(C(C)C)C(C)C.I. The molecule has 0 aliphatic heterocycles. The Labute approximate surface area is 176 Å². The Kier molecular flexibility index (Phi) is 13.1. The van der Waals surface area contributed by atoms with E-state index in [1.54, 1.807) is 0 Å². The molecule has 1 aromatic carbocycles. The van der Waals surface area contributed by atoms with Crippen molar-refractivity contribution in [3.63, 3.8) is 0 Å². The summed E-state index contributed by atoms with van der Waals surface area (Å²) in [6, 6.07) is 10.9. The van der Waals surface area contributed by atoms with Crippen LogP contribution >= 0.6 is 24.0 Å². The fourth-order valence-electron chi connectivity index (χ4n) is 2.83. The van der Waals surface area contributed by atoms with Crippen LogP contribution in [0.5, 0.6) is 0 Å². The summed E-state index contributed by atoms with van der Waals surface area (Å²) in [5.74, 6) is 0.825. The highest BCUT2D eigenvalue weighted by Crippen LogP contribution is 2.06. The van der Waals surface area contributed by atoms with Gasteiger partial charge in [-0.3, -0.25) is 4.90 Å². The average Bonchev–Trinajstić information content (AvgIpc) is 2.58. The molecule has 0 amide bonds. The maximum atomic E-state index is 8.98. The molecular weight excluding hydrogens is 437 g/mol. The first kappa shape index (κ1) is 24.7. The molecule has 1 aromatic rings. The summed E-state index contributed by atoms with van der Waals surface area (Å²) < 4.78 is 0. The molecule has 6 heteroatoms. The van der Waals surface area contributed by atoms with Crippen LogP contribution in [0.1, 0.15) is 52.2 Å². The highest BCUT2D eigenvalue weighted by atomic mass is 127. The van der Waals surface area contributed by atoms with Crippen LogP contribution in [0.4, 0.5) is 0 Å². The zero-order valence-corrected chi connectivity index (χ0v) is 19.1. The van der Waals surface area contributed by atoms with Crippen molar-refractivity contribution in [1.82, 2.24) is 15.5 Å². The first-order valence-electron chi connectivity index (χ1n) is 9.24. The maximum absolute atomic E-state index is 8.98. The van der Waals surface area contributed by atoms with Crippen LogP contribution in [0.3, 0.4) is 0 Å². The van der Waals surface area contributed by atoms with Crippen LogP contribution in [0, 0.1) is 11.3 Å². The predicted octanol–water partition coefficient (Wildman–Crippen LogP) is 3.74. The van der Waals surface area contributed by atoms with Crippen LogP contribution in [0.2, 0.25) is 0 Å². The number of nitrogens with one attached hydrogen (secondary N) is 2. The van der Waals surface area contributed by atoms with Crippen molar-refractivity contribution in [2.75, 3.05) is 19.6 Å². The van der Waals surface area contributed by atoms with E-state index in [-0.39, 0.29) is 24.0 Å². The number of guanidine groups is 1. The molecule has 0 aliphatic carbocycles. The lowest BCUT2D eigenvalue weighted by atomic mass is 10.1. The minimum atomic E-state index is 0. The van der Waals surface area contributed by atoms with Crippen molar-refractivity contribution in [1.29, 1.82) is 5.26 Å². The van der Waals surface area contributed by atoms with Crippen molar-refractivity contribution in [3.05, 3.63) is 35.4 Å². The Bertz CT molecular complexity index is 570. The zero-order chi connectivity index (χ0) is 18.7. The predicted molar refractivity (Wildman–Crippen MR) is 121 cm³/mol. The molecule has 0 heterocycles. The first-order valence-corrected chi connectivity index (χ1v) is 9.24. The summed E-state index contributed by atoms with van der Waals surface area (Å²) in [6.07, 6.45) is 1.07. The van der Waals surface area contributed by atoms with E-state index in [9.17, 15) is 0 Å². The van der Waals surface area contributed by atoms with E-state index in [2.05, 4.69) is 61.2 Å². The van der Waals surface area contributed by atoms with Gasteiger partial charge in [0.1, 0.15) is 0 Å². The Morgan fingerprint density at radius 1 is 1.19 bits per heavy atom. The van der Waals surface area contributed by atoms with Gasteiger partial charge in [0.25, 0.3) is 0 Å². The number of aliphatic imine (C=N–C) groups is 1. The normalized spacial score (nSPS) is 11.4. The Morgan fingerprint density at radius 2 is 1.88 bits per heavy atom. The third-order valence-electron chi connectivity index (χ3n) is 4.03. The first-order chi connectivity index (χ1) is 12.0. The summed E-state index contributed by atoms with van der Waals surface area (Å²) in [7, 11) is 0. The van der Waals surface area contributed by atoms with Gasteiger partial charge < -0.3 is 10.6 Å². The van der Waals surface area contributed by atoms with Crippen LogP contribution in [0.15, 0.2) is 29.3 Å². The molecular formula is C20H34IN5. The number of hydrogen-bond acceptors (Lipinski definition) is 3. The van der Waals surface area contributed by atoms with Gasteiger partial charge in [-0.25, -0.2) is 4.99 Å². The molecule has 0 atom stereocenters. The minimum absolute atomic E-state index is 0. The van der Waals surface area contributed by atoms with E-state index < -0.39 is 0 Å².